The minimum atomic E-state index is -3.37. The molecule has 2 N–H and O–H groups in total. The lowest BCUT2D eigenvalue weighted by molar-refractivity contribution is 0.416. The molecule has 0 radical (unpaired) electrons. The Bertz CT molecular complexity index is 539. The maximum absolute atomic E-state index is 12.6. The van der Waals surface area contributed by atoms with Gasteiger partial charge in [0.25, 0.3) is 0 Å². The van der Waals surface area contributed by atoms with Crippen molar-refractivity contribution in [2.75, 3.05) is 18.8 Å². The second-order valence-electron chi connectivity index (χ2n) is 4.75. The quantitative estimate of drug-likeness (QED) is 0.901. The van der Waals surface area contributed by atoms with Gasteiger partial charge in [0.2, 0.25) is 10.0 Å². The van der Waals surface area contributed by atoms with Crippen molar-refractivity contribution in [1.82, 2.24) is 8.87 Å². The molecule has 0 amide bonds. The second-order valence-corrected chi connectivity index (χ2v) is 8.09. The van der Waals surface area contributed by atoms with Gasteiger partial charge in [0.1, 0.15) is 4.90 Å². The molecule has 0 aliphatic carbocycles. The lowest BCUT2D eigenvalue weighted by Crippen LogP contribution is -2.41. The molecule has 0 spiro atoms. The van der Waals surface area contributed by atoms with Crippen molar-refractivity contribution in [3.8, 4) is 0 Å². The molecule has 2 rings (SSSR count). The predicted molar refractivity (Wildman–Crippen MR) is 78.6 cm³/mol. The summed E-state index contributed by atoms with van der Waals surface area (Å²) in [6.45, 7) is 3.65. The number of hydrogen-bond acceptors (Lipinski definition) is 4. The number of rotatable bonds is 4. The highest BCUT2D eigenvalue weighted by Gasteiger charge is 2.30. The zero-order valence-corrected chi connectivity index (χ0v) is 13.0. The standard InChI is InChI=1S/C12H21N3O2S2/c1-3-11-8-15(4-5-18-11)19(16,17)12-6-10(7-13)14(2)9-12/h6,9,11H,3-5,7-8,13H2,1-2H3. The first kappa shape index (κ1) is 14.9. The number of aryl methyl sites for hydroxylation is 1. The van der Waals surface area contributed by atoms with Crippen LogP contribution in [0.3, 0.4) is 0 Å². The molecule has 108 valence electrons. The van der Waals surface area contributed by atoms with Gasteiger partial charge in [-0.3, -0.25) is 0 Å². The van der Waals surface area contributed by atoms with Gasteiger partial charge in [-0.25, -0.2) is 8.42 Å². The number of sulfonamides is 1. The van der Waals surface area contributed by atoms with Gasteiger partial charge in [-0.1, -0.05) is 6.92 Å². The zero-order chi connectivity index (χ0) is 14.0. The van der Waals surface area contributed by atoms with E-state index in [4.69, 9.17) is 5.73 Å². The van der Waals surface area contributed by atoms with Crippen molar-refractivity contribution < 1.29 is 8.42 Å². The summed E-state index contributed by atoms with van der Waals surface area (Å²) < 4.78 is 28.6. The fraction of sp³-hybridized carbons (Fsp3) is 0.667. The molecule has 0 bridgehead atoms. The van der Waals surface area contributed by atoms with Crippen LogP contribution in [-0.2, 0) is 23.6 Å². The first-order valence-electron chi connectivity index (χ1n) is 6.46. The summed E-state index contributed by atoms with van der Waals surface area (Å²) in [5.74, 6) is 0.869. The highest BCUT2D eigenvalue weighted by Crippen LogP contribution is 2.26. The third kappa shape index (κ3) is 2.99. The molecule has 1 aromatic rings. The van der Waals surface area contributed by atoms with E-state index in [1.165, 1.54) is 0 Å². The van der Waals surface area contributed by atoms with E-state index in [1.807, 2.05) is 18.8 Å². The number of hydrogen-bond donors (Lipinski definition) is 1. The molecule has 7 heteroatoms. The van der Waals surface area contributed by atoms with Gasteiger partial charge in [-0.2, -0.15) is 16.1 Å². The molecular weight excluding hydrogens is 282 g/mol. The van der Waals surface area contributed by atoms with Crippen molar-refractivity contribution in [3.63, 3.8) is 0 Å². The molecule has 1 aliphatic heterocycles. The highest BCUT2D eigenvalue weighted by molar-refractivity contribution is 8.00. The largest absolute Gasteiger partial charge is 0.352 e. The Balaban J connectivity index is 2.25. The molecule has 0 saturated carbocycles. The van der Waals surface area contributed by atoms with Crippen molar-refractivity contribution in [2.24, 2.45) is 12.8 Å². The van der Waals surface area contributed by atoms with Crippen LogP contribution in [0.15, 0.2) is 17.2 Å². The lowest BCUT2D eigenvalue weighted by atomic mass is 10.3. The van der Waals surface area contributed by atoms with Gasteiger partial charge in [-0.15, -0.1) is 0 Å². The number of thioether (sulfide) groups is 1. The summed E-state index contributed by atoms with van der Waals surface area (Å²) >= 11 is 1.86. The maximum Gasteiger partial charge on any atom is 0.244 e. The third-order valence-corrected chi connectivity index (χ3v) is 6.69. The molecule has 1 atom stereocenters. The van der Waals surface area contributed by atoms with Gasteiger partial charge < -0.3 is 10.3 Å². The average molecular weight is 303 g/mol. The summed E-state index contributed by atoms with van der Waals surface area (Å²) in [7, 11) is -1.55. The second kappa shape index (κ2) is 5.87. The van der Waals surface area contributed by atoms with Crippen LogP contribution in [0.5, 0.6) is 0 Å². The topological polar surface area (TPSA) is 68.3 Å². The molecule has 2 heterocycles. The van der Waals surface area contributed by atoms with E-state index in [2.05, 4.69) is 6.92 Å². The fourth-order valence-corrected chi connectivity index (χ4v) is 5.20. The third-order valence-electron chi connectivity index (χ3n) is 3.49. The zero-order valence-electron chi connectivity index (χ0n) is 11.4. The Morgan fingerprint density at radius 3 is 2.84 bits per heavy atom. The van der Waals surface area contributed by atoms with E-state index in [9.17, 15) is 8.42 Å². The van der Waals surface area contributed by atoms with Crippen LogP contribution >= 0.6 is 11.8 Å². The molecule has 1 saturated heterocycles. The molecular formula is C12H21N3O2S2. The number of nitrogens with two attached hydrogens (primary N) is 1. The Morgan fingerprint density at radius 1 is 1.53 bits per heavy atom. The number of nitrogens with zero attached hydrogens (tertiary/aromatic N) is 2. The Kier molecular flexibility index (Phi) is 4.60. The minimum Gasteiger partial charge on any atom is -0.352 e. The predicted octanol–water partition coefficient (Wildman–Crippen LogP) is 1.000. The summed E-state index contributed by atoms with van der Waals surface area (Å²) in [5, 5.41) is 0.404. The van der Waals surface area contributed by atoms with Crippen molar-refractivity contribution in [1.29, 1.82) is 0 Å². The summed E-state index contributed by atoms with van der Waals surface area (Å²) in [6.07, 6.45) is 2.65. The Hall–Kier alpha value is -0.500. The van der Waals surface area contributed by atoms with E-state index in [0.29, 0.717) is 29.8 Å². The van der Waals surface area contributed by atoms with Crippen molar-refractivity contribution in [3.05, 3.63) is 18.0 Å². The average Bonchev–Trinajstić information content (AvgIpc) is 2.80. The molecule has 1 aliphatic rings. The van der Waals surface area contributed by atoms with Gasteiger partial charge in [-0.05, 0) is 12.5 Å². The summed E-state index contributed by atoms with van der Waals surface area (Å²) in [4.78, 5) is 0.359. The SMILES string of the molecule is CCC1CN(S(=O)(=O)c2cc(CN)n(C)c2)CCS1. The molecule has 5 nitrogen and oxygen atoms in total. The van der Waals surface area contributed by atoms with E-state index in [-0.39, 0.29) is 0 Å². The Labute approximate surface area is 119 Å². The lowest BCUT2D eigenvalue weighted by Gasteiger charge is -2.30. The van der Waals surface area contributed by atoms with Gasteiger partial charge in [0, 0.05) is 49.6 Å². The normalized spacial score (nSPS) is 21.7. The van der Waals surface area contributed by atoms with Gasteiger partial charge >= 0.3 is 0 Å². The molecule has 0 aromatic carbocycles. The smallest absolute Gasteiger partial charge is 0.244 e. The molecule has 1 unspecified atom stereocenters. The summed E-state index contributed by atoms with van der Waals surface area (Å²) in [5.41, 5.74) is 6.43. The molecule has 1 aromatic heterocycles. The molecule has 19 heavy (non-hydrogen) atoms. The van der Waals surface area contributed by atoms with E-state index in [0.717, 1.165) is 17.9 Å². The highest BCUT2D eigenvalue weighted by atomic mass is 32.2. The van der Waals surface area contributed by atoms with Crippen molar-refractivity contribution in [2.45, 2.75) is 30.0 Å². The first-order chi connectivity index (χ1) is 8.98. The van der Waals surface area contributed by atoms with E-state index in [1.54, 1.807) is 21.1 Å². The number of aromatic nitrogens is 1. The minimum absolute atomic E-state index is 0.347. The van der Waals surface area contributed by atoms with Crippen LogP contribution < -0.4 is 5.73 Å². The van der Waals surface area contributed by atoms with E-state index >= 15 is 0 Å². The van der Waals surface area contributed by atoms with Crippen LogP contribution in [-0.4, -0.2) is 41.4 Å². The van der Waals surface area contributed by atoms with Crippen LogP contribution in [0.1, 0.15) is 19.0 Å². The first-order valence-corrected chi connectivity index (χ1v) is 8.95. The Morgan fingerprint density at radius 2 is 2.26 bits per heavy atom. The van der Waals surface area contributed by atoms with Gasteiger partial charge in [0.05, 0.1) is 0 Å². The van der Waals surface area contributed by atoms with Gasteiger partial charge in [0.15, 0.2) is 0 Å². The fourth-order valence-electron chi connectivity index (χ4n) is 2.23. The summed E-state index contributed by atoms with van der Waals surface area (Å²) in [6, 6.07) is 1.68. The van der Waals surface area contributed by atoms with Crippen LogP contribution in [0, 0.1) is 0 Å². The van der Waals surface area contributed by atoms with Crippen LogP contribution in [0.25, 0.3) is 0 Å². The maximum atomic E-state index is 12.6. The molecule has 1 fully saturated rings. The van der Waals surface area contributed by atoms with Crippen LogP contribution in [0.4, 0.5) is 0 Å². The monoisotopic (exact) mass is 303 g/mol. The van der Waals surface area contributed by atoms with Crippen molar-refractivity contribution >= 4 is 21.8 Å². The van der Waals surface area contributed by atoms with E-state index < -0.39 is 10.0 Å². The van der Waals surface area contributed by atoms with Crippen LogP contribution in [0.2, 0.25) is 0 Å².